The SMILES string of the molecule is Cn1cc(C(=O)CCOCC(F)F)c2ccccc21. The molecule has 0 unspecified atom stereocenters. The molecule has 0 radical (unpaired) electrons. The van der Waals surface area contributed by atoms with Gasteiger partial charge in [0.2, 0.25) is 0 Å². The van der Waals surface area contributed by atoms with Crippen LogP contribution in [0.4, 0.5) is 8.78 Å². The zero-order chi connectivity index (χ0) is 13.8. The first-order chi connectivity index (χ1) is 9.09. The van der Waals surface area contributed by atoms with Crippen molar-refractivity contribution >= 4 is 16.7 Å². The van der Waals surface area contributed by atoms with Crippen LogP contribution in [0.5, 0.6) is 0 Å². The minimum absolute atomic E-state index is 0.0202. The molecule has 0 atom stereocenters. The number of Topliss-reactive ketones (excluding diaryl/α,β-unsaturated/α-hetero) is 1. The lowest BCUT2D eigenvalue weighted by atomic mass is 10.1. The Morgan fingerprint density at radius 1 is 1.37 bits per heavy atom. The standard InChI is InChI=1S/C14H15F2NO2/c1-17-8-11(10-4-2-3-5-12(10)17)13(18)6-7-19-9-14(15)16/h2-5,8,14H,6-7,9H2,1H3. The van der Waals surface area contributed by atoms with Crippen molar-refractivity contribution < 1.29 is 18.3 Å². The molecule has 1 aromatic carbocycles. The van der Waals surface area contributed by atoms with Crippen LogP contribution >= 0.6 is 0 Å². The molecule has 1 aromatic heterocycles. The highest BCUT2D eigenvalue weighted by Crippen LogP contribution is 2.21. The molecule has 0 spiro atoms. The summed E-state index contributed by atoms with van der Waals surface area (Å²) in [4.78, 5) is 12.0. The van der Waals surface area contributed by atoms with Crippen molar-refractivity contribution in [3.8, 4) is 0 Å². The number of nitrogens with zero attached hydrogens (tertiary/aromatic N) is 1. The fourth-order valence-corrected chi connectivity index (χ4v) is 2.04. The number of para-hydroxylation sites is 1. The number of benzene rings is 1. The number of carbonyl (C=O) groups excluding carboxylic acids is 1. The summed E-state index contributed by atoms with van der Waals surface area (Å²) in [5.41, 5.74) is 1.58. The van der Waals surface area contributed by atoms with Crippen LogP contribution in [0.25, 0.3) is 10.9 Å². The Morgan fingerprint density at radius 3 is 2.84 bits per heavy atom. The first-order valence-corrected chi connectivity index (χ1v) is 6.02. The van der Waals surface area contributed by atoms with Crippen molar-refractivity contribution in [2.45, 2.75) is 12.8 Å². The van der Waals surface area contributed by atoms with E-state index in [4.69, 9.17) is 4.74 Å². The van der Waals surface area contributed by atoms with Crippen LogP contribution in [0.3, 0.4) is 0 Å². The van der Waals surface area contributed by atoms with Crippen LogP contribution < -0.4 is 0 Å². The van der Waals surface area contributed by atoms with Gasteiger partial charge in [0.25, 0.3) is 6.43 Å². The van der Waals surface area contributed by atoms with E-state index in [1.54, 1.807) is 6.20 Å². The fourth-order valence-electron chi connectivity index (χ4n) is 2.04. The number of hydrogen-bond acceptors (Lipinski definition) is 2. The lowest BCUT2D eigenvalue weighted by Gasteiger charge is -2.02. The Bertz CT molecular complexity index is 578. The van der Waals surface area contributed by atoms with Crippen LogP contribution in [0.15, 0.2) is 30.5 Å². The van der Waals surface area contributed by atoms with Gasteiger partial charge < -0.3 is 9.30 Å². The van der Waals surface area contributed by atoms with E-state index in [9.17, 15) is 13.6 Å². The molecule has 3 nitrogen and oxygen atoms in total. The number of carbonyl (C=O) groups is 1. The van der Waals surface area contributed by atoms with E-state index < -0.39 is 13.0 Å². The van der Waals surface area contributed by atoms with Gasteiger partial charge in [-0.05, 0) is 6.07 Å². The molecule has 5 heteroatoms. The molecule has 102 valence electrons. The topological polar surface area (TPSA) is 31.2 Å². The summed E-state index contributed by atoms with van der Waals surface area (Å²) in [5.74, 6) is -0.0916. The minimum atomic E-state index is -2.49. The number of hydrogen-bond donors (Lipinski definition) is 0. The molecule has 0 amide bonds. The zero-order valence-electron chi connectivity index (χ0n) is 10.6. The molecule has 0 N–H and O–H groups in total. The number of rotatable bonds is 6. The predicted molar refractivity (Wildman–Crippen MR) is 68.7 cm³/mol. The van der Waals surface area contributed by atoms with Crippen molar-refractivity contribution in [3.05, 3.63) is 36.0 Å². The molecular formula is C14H15F2NO2. The minimum Gasteiger partial charge on any atom is -0.375 e. The van der Waals surface area contributed by atoms with Gasteiger partial charge in [-0.3, -0.25) is 4.79 Å². The van der Waals surface area contributed by atoms with E-state index in [2.05, 4.69) is 0 Å². The average Bonchev–Trinajstić information content (AvgIpc) is 2.72. The summed E-state index contributed by atoms with van der Waals surface area (Å²) >= 11 is 0. The monoisotopic (exact) mass is 267 g/mol. The molecular weight excluding hydrogens is 252 g/mol. The molecule has 19 heavy (non-hydrogen) atoms. The van der Waals surface area contributed by atoms with Crippen molar-refractivity contribution in [1.82, 2.24) is 4.57 Å². The Hall–Kier alpha value is -1.75. The molecule has 0 aliphatic heterocycles. The smallest absolute Gasteiger partial charge is 0.261 e. The molecule has 1 heterocycles. The van der Waals surface area contributed by atoms with Crippen molar-refractivity contribution in [1.29, 1.82) is 0 Å². The quantitative estimate of drug-likeness (QED) is 0.595. The molecule has 2 rings (SSSR count). The van der Waals surface area contributed by atoms with Gasteiger partial charge in [-0.25, -0.2) is 8.78 Å². The Kier molecular flexibility index (Phi) is 4.27. The maximum atomic E-state index is 12.0. The van der Waals surface area contributed by atoms with Crippen LogP contribution in [-0.4, -0.2) is 30.0 Å². The third-order valence-electron chi connectivity index (χ3n) is 2.91. The highest BCUT2D eigenvalue weighted by Gasteiger charge is 2.13. The van der Waals surface area contributed by atoms with Gasteiger partial charge in [0.05, 0.1) is 6.61 Å². The lowest BCUT2D eigenvalue weighted by Crippen LogP contribution is -2.09. The van der Waals surface area contributed by atoms with Gasteiger partial charge in [-0.15, -0.1) is 0 Å². The van der Waals surface area contributed by atoms with E-state index >= 15 is 0 Å². The normalized spacial score (nSPS) is 11.4. The van der Waals surface area contributed by atoms with Gasteiger partial charge in [-0.1, -0.05) is 18.2 Å². The van der Waals surface area contributed by atoms with E-state index in [1.165, 1.54) is 0 Å². The first kappa shape index (κ1) is 13.7. The summed E-state index contributed by atoms with van der Waals surface area (Å²) in [5, 5.41) is 0.879. The lowest BCUT2D eigenvalue weighted by molar-refractivity contribution is 0.0170. The third-order valence-corrected chi connectivity index (χ3v) is 2.91. The largest absolute Gasteiger partial charge is 0.375 e. The van der Waals surface area contributed by atoms with Crippen LogP contribution in [0.1, 0.15) is 16.8 Å². The second-order valence-electron chi connectivity index (χ2n) is 4.31. The number of halogens is 2. The molecule has 0 aliphatic carbocycles. The first-order valence-electron chi connectivity index (χ1n) is 6.02. The summed E-state index contributed by atoms with van der Waals surface area (Å²) in [7, 11) is 1.87. The molecule has 0 saturated carbocycles. The third kappa shape index (κ3) is 3.17. The number of alkyl halides is 2. The van der Waals surface area contributed by atoms with Gasteiger partial charge in [0.1, 0.15) is 6.61 Å². The van der Waals surface area contributed by atoms with E-state index in [1.807, 2.05) is 35.9 Å². The maximum Gasteiger partial charge on any atom is 0.261 e. The number of ketones is 1. The summed E-state index contributed by atoms with van der Waals surface area (Å²) in [6.07, 6.45) is -0.617. The highest BCUT2D eigenvalue weighted by atomic mass is 19.3. The summed E-state index contributed by atoms with van der Waals surface area (Å²) < 4.78 is 30.4. The van der Waals surface area contributed by atoms with Crippen LogP contribution in [-0.2, 0) is 11.8 Å². The number of aryl methyl sites for hydroxylation is 1. The van der Waals surface area contributed by atoms with Crippen LogP contribution in [0, 0.1) is 0 Å². The summed E-state index contributed by atoms with van der Waals surface area (Å²) in [6, 6.07) is 7.58. The van der Waals surface area contributed by atoms with Gasteiger partial charge >= 0.3 is 0 Å². The molecule has 0 bridgehead atoms. The predicted octanol–water partition coefficient (Wildman–Crippen LogP) is 3.03. The summed E-state index contributed by atoms with van der Waals surface area (Å²) in [6.45, 7) is -0.602. The zero-order valence-corrected chi connectivity index (χ0v) is 10.6. The number of fused-ring (bicyclic) bond motifs is 1. The number of ether oxygens (including phenoxy) is 1. The van der Waals surface area contributed by atoms with E-state index in [-0.39, 0.29) is 18.8 Å². The van der Waals surface area contributed by atoms with Gasteiger partial charge in [0, 0.05) is 36.1 Å². The fraction of sp³-hybridized carbons (Fsp3) is 0.357. The Morgan fingerprint density at radius 2 is 2.11 bits per heavy atom. The van der Waals surface area contributed by atoms with Crippen molar-refractivity contribution in [3.63, 3.8) is 0 Å². The Balaban J connectivity index is 2.05. The second-order valence-corrected chi connectivity index (χ2v) is 4.31. The molecule has 2 aromatic rings. The molecule has 0 saturated heterocycles. The van der Waals surface area contributed by atoms with Crippen molar-refractivity contribution in [2.24, 2.45) is 7.05 Å². The van der Waals surface area contributed by atoms with Crippen LogP contribution in [0.2, 0.25) is 0 Å². The van der Waals surface area contributed by atoms with Gasteiger partial charge in [-0.2, -0.15) is 0 Å². The van der Waals surface area contributed by atoms with Crippen molar-refractivity contribution in [2.75, 3.05) is 13.2 Å². The molecule has 0 aliphatic rings. The Labute approximate surface area is 109 Å². The second kappa shape index (κ2) is 5.93. The maximum absolute atomic E-state index is 12.0. The number of aromatic nitrogens is 1. The van der Waals surface area contributed by atoms with E-state index in [0.717, 1.165) is 10.9 Å². The average molecular weight is 267 g/mol. The highest BCUT2D eigenvalue weighted by molar-refractivity contribution is 6.08. The molecule has 0 fully saturated rings. The van der Waals surface area contributed by atoms with Gasteiger partial charge in [0.15, 0.2) is 5.78 Å². The van der Waals surface area contributed by atoms with E-state index in [0.29, 0.717) is 5.56 Å².